The van der Waals surface area contributed by atoms with Gasteiger partial charge < -0.3 is 8.94 Å². The zero-order valence-corrected chi connectivity index (χ0v) is 8.67. The molecule has 0 atom stereocenters. The third-order valence-corrected chi connectivity index (χ3v) is 2.29. The Kier molecular flexibility index (Phi) is 2.37. The summed E-state index contributed by atoms with van der Waals surface area (Å²) in [5.74, 6) is 1.10. The average molecular weight is 263 g/mol. The van der Waals surface area contributed by atoms with Crippen LogP contribution in [-0.2, 0) is 5.88 Å². The van der Waals surface area contributed by atoms with Gasteiger partial charge in [0.2, 0.25) is 0 Å². The van der Waals surface area contributed by atoms with E-state index in [0.717, 1.165) is 5.56 Å². The Labute approximate surface area is 87.0 Å². The molecule has 68 valence electrons. The van der Waals surface area contributed by atoms with Crippen molar-refractivity contribution in [2.75, 3.05) is 0 Å². The van der Waals surface area contributed by atoms with E-state index in [0.29, 0.717) is 16.4 Å². The second-order valence-electron chi connectivity index (χ2n) is 2.26. The van der Waals surface area contributed by atoms with Crippen LogP contribution < -0.4 is 0 Å². The molecular weight excluding hydrogens is 259 g/mol. The predicted octanol–water partition coefficient (Wildman–Crippen LogP) is 2.83. The Bertz CT molecular complexity index is 412. The number of halogens is 2. The lowest BCUT2D eigenvalue weighted by molar-refractivity contribution is 0.423. The van der Waals surface area contributed by atoms with Crippen LogP contribution in [0.3, 0.4) is 0 Å². The van der Waals surface area contributed by atoms with Crippen molar-refractivity contribution in [2.24, 2.45) is 0 Å². The van der Waals surface area contributed by atoms with Crippen LogP contribution in [-0.4, -0.2) is 10.1 Å². The van der Waals surface area contributed by atoms with E-state index in [9.17, 15) is 0 Å². The number of alkyl halides is 1. The molecule has 0 aliphatic carbocycles. The first-order valence-corrected chi connectivity index (χ1v) is 4.76. The third kappa shape index (κ3) is 1.62. The van der Waals surface area contributed by atoms with Gasteiger partial charge in [0.1, 0.15) is 0 Å². The molecule has 0 aliphatic heterocycles. The molecule has 6 heteroatoms. The number of hydrogen-bond acceptors (Lipinski definition) is 4. The normalized spacial score (nSPS) is 10.6. The fourth-order valence-corrected chi connectivity index (χ4v) is 1.38. The van der Waals surface area contributed by atoms with Crippen LogP contribution in [0.5, 0.6) is 0 Å². The molecule has 0 radical (unpaired) electrons. The molecule has 0 N–H and O–H groups in total. The molecule has 0 fully saturated rings. The summed E-state index contributed by atoms with van der Waals surface area (Å²) in [6, 6.07) is 1.73. The van der Waals surface area contributed by atoms with Gasteiger partial charge in [-0.3, -0.25) is 0 Å². The monoisotopic (exact) mass is 262 g/mol. The molecule has 0 amide bonds. The summed E-state index contributed by atoms with van der Waals surface area (Å²) in [6.45, 7) is 0. The fraction of sp³-hybridized carbons (Fsp3) is 0.143. The zero-order valence-electron chi connectivity index (χ0n) is 6.33. The molecule has 2 aromatic heterocycles. The molecule has 0 aliphatic rings. The summed E-state index contributed by atoms with van der Waals surface area (Å²) in [7, 11) is 0. The minimum Gasteiger partial charge on any atom is -0.457 e. The second-order valence-corrected chi connectivity index (χ2v) is 3.24. The lowest BCUT2D eigenvalue weighted by atomic mass is 10.3. The van der Waals surface area contributed by atoms with Gasteiger partial charge in [-0.2, -0.15) is 4.98 Å². The minimum atomic E-state index is 0.235. The van der Waals surface area contributed by atoms with Gasteiger partial charge in [0.15, 0.2) is 10.5 Å². The van der Waals surface area contributed by atoms with Crippen molar-refractivity contribution in [1.82, 2.24) is 10.1 Å². The summed E-state index contributed by atoms with van der Waals surface area (Å²) in [4.78, 5) is 4.03. The Morgan fingerprint density at radius 3 is 2.92 bits per heavy atom. The zero-order chi connectivity index (χ0) is 9.26. The summed E-state index contributed by atoms with van der Waals surface area (Å²) in [6.07, 6.45) is 1.53. The highest BCUT2D eigenvalue weighted by Gasteiger charge is 2.13. The van der Waals surface area contributed by atoms with Crippen molar-refractivity contribution < 1.29 is 8.94 Å². The first-order valence-electron chi connectivity index (χ1n) is 3.43. The van der Waals surface area contributed by atoms with Crippen LogP contribution in [0.4, 0.5) is 0 Å². The summed E-state index contributed by atoms with van der Waals surface area (Å²) < 4.78 is 10.5. The molecule has 0 saturated heterocycles. The molecule has 13 heavy (non-hydrogen) atoms. The first-order chi connectivity index (χ1) is 6.31. The van der Waals surface area contributed by atoms with Gasteiger partial charge in [-0.1, -0.05) is 5.16 Å². The molecule has 0 unspecified atom stereocenters. The van der Waals surface area contributed by atoms with Crippen LogP contribution in [0.1, 0.15) is 5.82 Å². The third-order valence-electron chi connectivity index (χ3n) is 1.44. The van der Waals surface area contributed by atoms with Crippen molar-refractivity contribution in [2.45, 2.75) is 5.88 Å². The number of aromatic nitrogens is 2. The first kappa shape index (κ1) is 8.77. The standard InChI is InChI=1S/C7H4BrClN2O2/c8-6-4(1-2-12-6)7-10-5(3-9)11-13-7/h1-2H,3H2. The molecule has 4 nitrogen and oxygen atoms in total. The number of furan rings is 1. The van der Waals surface area contributed by atoms with E-state index in [1.807, 2.05) is 0 Å². The summed E-state index contributed by atoms with van der Waals surface area (Å²) in [5, 5.41) is 3.65. The van der Waals surface area contributed by atoms with Gasteiger partial charge in [0, 0.05) is 0 Å². The Hall–Kier alpha value is -0.810. The Morgan fingerprint density at radius 2 is 2.38 bits per heavy atom. The predicted molar refractivity (Wildman–Crippen MR) is 49.3 cm³/mol. The van der Waals surface area contributed by atoms with Gasteiger partial charge >= 0.3 is 0 Å². The van der Waals surface area contributed by atoms with E-state index in [4.69, 9.17) is 20.5 Å². The van der Waals surface area contributed by atoms with Gasteiger partial charge in [-0.25, -0.2) is 0 Å². The van der Waals surface area contributed by atoms with E-state index < -0.39 is 0 Å². The van der Waals surface area contributed by atoms with Crippen molar-refractivity contribution in [3.63, 3.8) is 0 Å². The Morgan fingerprint density at radius 1 is 1.54 bits per heavy atom. The highest BCUT2D eigenvalue weighted by molar-refractivity contribution is 9.10. The van der Waals surface area contributed by atoms with Crippen molar-refractivity contribution in [1.29, 1.82) is 0 Å². The molecule has 2 heterocycles. The Balaban J connectivity index is 2.41. The maximum atomic E-state index is 5.52. The van der Waals surface area contributed by atoms with Crippen molar-refractivity contribution in [3.05, 3.63) is 22.8 Å². The van der Waals surface area contributed by atoms with Gasteiger partial charge in [-0.05, 0) is 22.0 Å². The van der Waals surface area contributed by atoms with Crippen molar-refractivity contribution in [3.8, 4) is 11.5 Å². The number of hydrogen-bond donors (Lipinski definition) is 0. The van der Waals surface area contributed by atoms with Crippen LogP contribution in [0.2, 0.25) is 0 Å². The molecule has 0 saturated carbocycles. The lowest BCUT2D eigenvalue weighted by Crippen LogP contribution is -1.79. The summed E-state index contributed by atoms with van der Waals surface area (Å²) in [5.41, 5.74) is 0.726. The molecule has 2 rings (SSSR count). The van der Waals surface area contributed by atoms with Crippen molar-refractivity contribution >= 4 is 27.5 Å². The molecule has 0 aromatic carbocycles. The molecule has 0 spiro atoms. The van der Waals surface area contributed by atoms with Gasteiger partial charge in [-0.15, -0.1) is 11.6 Å². The SMILES string of the molecule is ClCc1noc(-c2ccoc2Br)n1. The molecular formula is C7H4BrClN2O2. The van der Waals surface area contributed by atoms with E-state index in [2.05, 4.69) is 26.1 Å². The molecule has 2 aromatic rings. The number of rotatable bonds is 2. The minimum absolute atomic E-state index is 0.235. The van der Waals surface area contributed by atoms with Crippen LogP contribution in [0.15, 0.2) is 25.9 Å². The van der Waals surface area contributed by atoms with E-state index >= 15 is 0 Å². The van der Waals surface area contributed by atoms with E-state index in [1.54, 1.807) is 6.07 Å². The quantitative estimate of drug-likeness (QED) is 0.782. The maximum absolute atomic E-state index is 5.52. The van der Waals surface area contributed by atoms with Crippen LogP contribution in [0.25, 0.3) is 11.5 Å². The summed E-state index contributed by atoms with van der Waals surface area (Å²) >= 11 is 8.73. The van der Waals surface area contributed by atoms with Crippen LogP contribution in [0, 0.1) is 0 Å². The second kappa shape index (κ2) is 3.51. The fourth-order valence-electron chi connectivity index (χ4n) is 0.864. The van der Waals surface area contributed by atoms with E-state index in [1.165, 1.54) is 6.26 Å². The highest BCUT2D eigenvalue weighted by atomic mass is 79.9. The van der Waals surface area contributed by atoms with E-state index in [-0.39, 0.29) is 5.88 Å². The van der Waals surface area contributed by atoms with Gasteiger partial charge in [0.05, 0.1) is 17.7 Å². The van der Waals surface area contributed by atoms with Gasteiger partial charge in [0.25, 0.3) is 5.89 Å². The van der Waals surface area contributed by atoms with Crippen LogP contribution >= 0.6 is 27.5 Å². The number of nitrogens with zero attached hydrogens (tertiary/aromatic N) is 2. The topological polar surface area (TPSA) is 52.1 Å². The lowest BCUT2D eigenvalue weighted by Gasteiger charge is -1.85. The molecule has 0 bridgehead atoms. The largest absolute Gasteiger partial charge is 0.457 e. The maximum Gasteiger partial charge on any atom is 0.262 e. The smallest absolute Gasteiger partial charge is 0.262 e. The average Bonchev–Trinajstić information content (AvgIpc) is 2.71. The highest BCUT2D eigenvalue weighted by Crippen LogP contribution is 2.27.